The normalized spacial score (nSPS) is 13.6. The highest BCUT2D eigenvalue weighted by Gasteiger charge is 2.30. The molecule has 1 fully saturated rings. The van der Waals surface area contributed by atoms with E-state index in [9.17, 15) is 4.79 Å². The molecule has 1 saturated carbocycles. The SMILES string of the molecule is CCCn1c(CN(CC2CC2)C(=O)c2cc(Cl)ccc2OC)nc2ccccc21. The summed E-state index contributed by atoms with van der Waals surface area (Å²) in [5.41, 5.74) is 2.58. The Morgan fingerprint density at radius 1 is 1.28 bits per heavy atom. The molecular weight excluding hydrogens is 386 g/mol. The molecule has 1 aliphatic rings. The van der Waals surface area contributed by atoms with Crippen LogP contribution in [0.15, 0.2) is 42.5 Å². The summed E-state index contributed by atoms with van der Waals surface area (Å²) in [7, 11) is 1.58. The van der Waals surface area contributed by atoms with Crippen LogP contribution in [0.5, 0.6) is 5.75 Å². The summed E-state index contributed by atoms with van der Waals surface area (Å²) in [6.07, 6.45) is 3.34. The minimum atomic E-state index is -0.0636. The van der Waals surface area contributed by atoms with Crippen molar-refractivity contribution in [2.24, 2.45) is 5.92 Å². The lowest BCUT2D eigenvalue weighted by Crippen LogP contribution is -2.34. The van der Waals surface area contributed by atoms with E-state index in [-0.39, 0.29) is 5.91 Å². The molecule has 152 valence electrons. The monoisotopic (exact) mass is 411 g/mol. The zero-order valence-corrected chi connectivity index (χ0v) is 17.7. The molecule has 1 aromatic heterocycles. The molecule has 1 heterocycles. The van der Waals surface area contributed by atoms with E-state index in [1.165, 1.54) is 12.8 Å². The number of benzene rings is 2. The smallest absolute Gasteiger partial charge is 0.258 e. The van der Waals surface area contributed by atoms with Gasteiger partial charge < -0.3 is 14.2 Å². The molecule has 3 aromatic rings. The second kappa shape index (κ2) is 8.46. The Balaban J connectivity index is 1.70. The van der Waals surface area contributed by atoms with E-state index in [0.717, 1.165) is 36.4 Å². The first-order chi connectivity index (χ1) is 14.1. The molecule has 0 unspecified atom stereocenters. The van der Waals surface area contributed by atoms with Crippen LogP contribution in [0.25, 0.3) is 11.0 Å². The zero-order valence-electron chi connectivity index (χ0n) is 16.9. The van der Waals surface area contributed by atoms with Crippen LogP contribution >= 0.6 is 11.6 Å². The third-order valence-electron chi connectivity index (χ3n) is 5.37. The van der Waals surface area contributed by atoms with Crippen molar-refractivity contribution < 1.29 is 9.53 Å². The van der Waals surface area contributed by atoms with Gasteiger partial charge in [-0.1, -0.05) is 30.7 Å². The Labute approximate surface area is 176 Å². The van der Waals surface area contributed by atoms with Gasteiger partial charge in [0.2, 0.25) is 0 Å². The molecule has 0 atom stereocenters. The van der Waals surface area contributed by atoms with Crippen molar-refractivity contribution in [3.05, 3.63) is 58.9 Å². The molecule has 5 nitrogen and oxygen atoms in total. The molecule has 2 aromatic carbocycles. The van der Waals surface area contributed by atoms with Crippen molar-refractivity contribution >= 4 is 28.5 Å². The maximum absolute atomic E-state index is 13.5. The molecule has 0 radical (unpaired) electrons. The Kier molecular flexibility index (Phi) is 5.76. The third kappa shape index (κ3) is 4.25. The van der Waals surface area contributed by atoms with Crippen molar-refractivity contribution in [3.8, 4) is 5.75 Å². The molecule has 4 rings (SSSR count). The fourth-order valence-electron chi connectivity index (χ4n) is 3.74. The van der Waals surface area contributed by atoms with Crippen LogP contribution in [0, 0.1) is 5.92 Å². The number of carbonyl (C=O) groups excluding carboxylic acids is 1. The van der Waals surface area contributed by atoms with E-state index >= 15 is 0 Å². The highest BCUT2D eigenvalue weighted by Crippen LogP contribution is 2.32. The molecule has 0 N–H and O–H groups in total. The van der Waals surface area contributed by atoms with Crippen molar-refractivity contribution in [1.29, 1.82) is 0 Å². The summed E-state index contributed by atoms with van der Waals surface area (Å²) in [4.78, 5) is 20.2. The fraction of sp³-hybridized carbons (Fsp3) is 0.391. The quantitative estimate of drug-likeness (QED) is 0.514. The summed E-state index contributed by atoms with van der Waals surface area (Å²) in [5.74, 6) is 1.96. The number of nitrogens with zero attached hydrogens (tertiary/aromatic N) is 3. The number of methoxy groups -OCH3 is 1. The lowest BCUT2D eigenvalue weighted by Gasteiger charge is -2.24. The van der Waals surface area contributed by atoms with Gasteiger partial charge in [-0.25, -0.2) is 4.98 Å². The van der Waals surface area contributed by atoms with Crippen molar-refractivity contribution in [2.45, 2.75) is 39.3 Å². The summed E-state index contributed by atoms with van der Waals surface area (Å²) < 4.78 is 7.66. The maximum Gasteiger partial charge on any atom is 0.258 e. The molecule has 0 spiro atoms. The van der Waals surface area contributed by atoms with Crippen LogP contribution in [0.3, 0.4) is 0 Å². The van der Waals surface area contributed by atoms with Gasteiger partial charge in [0, 0.05) is 18.1 Å². The number of fused-ring (bicyclic) bond motifs is 1. The lowest BCUT2D eigenvalue weighted by atomic mass is 10.1. The molecule has 6 heteroatoms. The maximum atomic E-state index is 13.5. The number of hydrogen-bond donors (Lipinski definition) is 0. The second-order valence-electron chi connectivity index (χ2n) is 7.64. The van der Waals surface area contributed by atoms with E-state index in [1.54, 1.807) is 25.3 Å². The van der Waals surface area contributed by atoms with Gasteiger partial charge in [-0.2, -0.15) is 0 Å². The number of imidazole rings is 1. The van der Waals surface area contributed by atoms with E-state index in [1.807, 2.05) is 23.1 Å². The van der Waals surface area contributed by atoms with E-state index in [4.69, 9.17) is 21.3 Å². The van der Waals surface area contributed by atoms with Gasteiger partial charge in [0.25, 0.3) is 5.91 Å². The number of aryl methyl sites for hydroxylation is 1. The van der Waals surface area contributed by atoms with E-state index in [2.05, 4.69) is 17.6 Å². The largest absolute Gasteiger partial charge is 0.496 e. The third-order valence-corrected chi connectivity index (χ3v) is 5.60. The predicted molar refractivity (Wildman–Crippen MR) is 115 cm³/mol. The Hall–Kier alpha value is -2.53. The van der Waals surface area contributed by atoms with Gasteiger partial charge >= 0.3 is 0 Å². The number of carbonyl (C=O) groups is 1. The van der Waals surface area contributed by atoms with Crippen molar-refractivity contribution in [2.75, 3.05) is 13.7 Å². The number of rotatable bonds is 8. The molecule has 1 amide bonds. The topological polar surface area (TPSA) is 47.4 Å². The zero-order chi connectivity index (χ0) is 20.4. The van der Waals surface area contributed by atoms with Crippen molar-refractivity contribution in [3.63, 3.8) is 0 Å². The summed E-state index contributed by atoms with van der Waals surface area (Å²) in [6, 6.07) is 13.3. The molecule has 0 bridgehead atoms. The second-order valence-corrected chi connectivity index (χ2v) is 8.08. The first kappa shape index (κ1) is 19.8. The van der Waals surface area contributed by atoms with Gasteiger partial charge in [-0.3, -0.25) is 4.79 Å². The van der Waals surface area contributed by atoms with Gasteiger partial charge in [-0.15, -0.1) is 0 Å². The average Bonchev–Trinajstić information content (AvgIpc) is 3.48. The van der Waals surface area contributed by atoms with Gasteiger partial charge in [0.1, 0.15) is 11.6 Å². The first-order valence-electron chi connectivity index (χ1n) is 10.2. The Morgan fingerprint density at radius 3 is 2.79 bits per heavy atom. The summed E-state index contributed by atoms with van der Waals surface area (Å²) in [6.45, 7) is 4.23. The molecule has 1 aliphatic carbocycles. The van der Waals surface area contributed by atoms with Gasteiger partial charge in [-0.05, 0) is 55.5 Å². The summed E-state index contributed by atoms with van der Waals surface area (Å²) in [5, 5.41) is 0.527. The number of aromatic nitrogens is 2. The Morgan fingerprint density at radius 2 is 2.07 bits per heavy atom. The molecule has 29 heavy (non-hydrogen) atoms. The first-order valence-corrected chi connectivity index (χ1v) is 10.6. The standard InChI is InChI=1S/C23H26ClN3O2/c1-3-12-27-20-7-5-4-6-19(20)25-22(27)15-26(14-16-8-9-16)23(28)18-13-17(24)10-11-21(18)29-2/h4-7,10-11,13,16H,3,8-9,12,14-15H2,1-2H3. The fourth-order valence-corrected chi connectivity index (χ4v) is 3.91. The number of halogens is 1. The molecule has 0 saturated heterocycles. The molecule has 0 aliphatic heterocycles. The van der Waals surface area contributed by atoms with Gasteiger partial charge in [0.05, 0.1) is 30.3 Å². The number of hydrogen-bond acceptors (Lipinski definition) is 3. The Bertz CT molecular complexity index is 1030. The van der Waals surface area contributed by atoms with Gasteiger partial charge in [0.15, 0.2) is 0 Å². The minimum Gasteiger partial charge on any atom is -0.496 e. The van der Waals surface area contributed by atoms with Crippen LogP contribution in [-0.2, 0) is 13.1 Å². The van der Waals surface area contributed by atoms with Crippen LogP contribution in [-0.4, -0.2) is 34.0 Å². The number of ether oxygens (including phenoxy) is 1. The van der Waals surface area contributed by atoms with Crippen LogP contribution in [0.1, 0.15) is 42.4 Å². The van der Waals surface area contributed by atoms with E-state index in [0.29, 0.717) is 28.8 Å². The number of para-hydroxylation sites is 2. The van der Waals surface area contributed by atoms with Crippen LogP contribution in [0.4, 0.5) is 0 Å². The predicted octanol–water partition coefficient (Wildman–Crippen LogP) is 5.16. The van der Waals surface area contributed by atoms with E-state index < -0.39 is 0 Å². The van der Waals surface area contributed by atoms with Crippen LogP contribution < -0.4 is 4.74 Å². The number of amides is 1. The minimum absolute atomic E-state index is 0.0636. The highest BCUT2D eigenvalue weighted by atomic mass is 35.5. The summed E-state index contributed by atoms with van der Waals surface area (Å²) >= 11 is 6.18. The highest BCUT2D eigenvalue weighted by molar-refractivity contribution is 6.31. The lowest BCUT2D eigenvalue weighted by molar-refractivity contribution is 0.0725. The van der Waals surface area contributed by atoms with Crippen molar-refractivity contribution in [1.82, 2.24) is 14.5 Å². The van der Waals surface area contributed by atoms with Crippen LogP contribution in [0.2, 0.25) is 5.02 Å². The molecular formula is C23H26ClN3O2. The average molecular weight is 412 g/mol.